The van der Waals surface area contributed by atoms with Gasteiger partial charge in [0.15, 0.2) is 6.04 Å². The minimum atomic E-state index is -1.03. The third-order valence-corrected chi connectivity index (χ3v) is 2.75. The monoisotopic (exact) mass is 249 g/mol. The van der Waals surface area contributed by atoms with Crippen molar-refractivity contribution in [1.82, 2.24) is 4.90 Å². The van der Waals surface area contributed by atoms with Gasteiger partial charge in [-0.2, -0.15) is 0 Å². The fourth-order valence-electron chi connectivity index (χ4n) is 1.92. The van der Waals surface area contributed by atoms with Gasteiger partial charge in [-0.05, 0) is 23.5 Å². The quantitative estimate of drug-likeness (QED) is 0.785. The van der Waals surface area contributed by atoms with E-state index in [-0.39, 0.29) is 0 Å². The van der Waals surface area contributed by atoms with Crippen LogP contribution in [0.3, 0.4) is 0 Å². The number of likely N-dealkylation sites (N-methyl/N-ethyl adjacent to an activating group) is 1. The average Bonchev–Trinajstić information content (AvgIpc) is 2.30. The van der Waals surface area contributed by atoms with Gasteiger partial charge in [0.2, 0.25) is 6.41 Å². The van der Waals surface area contributed by atoms with E-state index in [0.717, 1.165) is 11.3 Å². The molecule has 0 aromatic heterocycles. The third kappa shape index (κ3) is 3.58. The normalized spacial score (nSPS) is 12.2. The molecule has 1 N–H and O–H groups in total. The van der Waals surface area contributed by atoms with Crippen LogP contribution in [0.15, 0.2) is 24.3 Å². The first-order valence-corrected chi connectivity index (χ1v) is 5.94. The summed E-state index contributed by atoms with van der Waals surface area (Å²) < 4.78 is 0. The molecule has 1 aromatic carbocycles. The van der Waals surface area contributed by atoms with E-state index in [1.54, 1.807) is 12.1 Å². The van der Waals surface area contributed by atoms with Gasteiger partial charge in [0.1, 0.15) is 0 Å². The minimum absolute atomic E-state index is 0.529. The Morgan fingerprint density at radius 2 is 1.89 bits per heavy atom. The summed E-state index contributed by atoms with van der Waals surface area (Å²) in [6.45, 7) is 4.27. The summed E-state index contributed by atoms with van der Waals surface area (Å²) in [7, 11) is 1.47. The smallest absolute Gasteiger partial charge is 0.331 e. The molecule has 0 heterocycles. The van der Waals surface area contributed by atoms with E-state index in [1.807, 2.05) is 12.1 Å². The highest BCUT2D eigenvalue weighted by molar-refractivity contribution is 5.78. The Balaban J connectivity index is 2.94. The van der Waals surface area contributed by atoms with Crippen molar-refractivity contribution < 1.29 is 14.7 Å². The molecule has 0 spiro atoms. The maximum absolute atomic E-state index is 11.2. The van der Waals surface area contributed by atoms with Gasteiger partial charge < -0.3 is 10.0 Å². The topological polar surface area (TPSA) is 57.6 Å². The maximum Gasteiger partial charge on any atom is 0.331 e. The lowest BCUT2D eigenvalue weighted by Gasteiger charge is -2.21. The number of carboxylic acids is 1. The van der Waals surface area contributed by atoms with E-state index in [1.165, 1.54) is 12.6 Å². The van der Waals surface area contributed by atoms with Crippen LogP contribution in [0, 0.1) is 5.92 Å². The standard InChI is InChI=1S/C14H19NO3/c1-10(2)8-11-4-6-12(7-5-11)13(14(17)18)15(3)9-16/h4-7,9-10,13H,8H2,1-3H3,(H,17,18). The Hall–Kier alpha value is -1.84. The molecule has 0 bridgehead atoms. The van der Waals surface area contributed by atoms with Crippen LogP contribution in [0.2, 0.25) is 0 Å². The first-order valence-electron chi connectivity index (χ1n) is 5.94. The number of benzene rings is 1. The van der Waals surface area contributed by atoms with Crippen LogP contribution in [-0.4, -0.2) is 29.4 Å². The Kier molecular flexibility index (Phi) is 4.89. The van der Waals surface area contributed by atoms with Crippen molar-refractivity contribution in [3.63, 3.8) is 0 Å². The molecule has 98 valence electrons. The summed E-state index contributed by atoms with van der Waals surface area (Å²) >= 11 is 0. The summed E-state index contributed by atoms with van der Waals surface area (Å²) in [5, 5.41) is 9.14. The van der Waals surface area contributed by atoms with Gasteiger partial charge in [0.05, 0.1) is 0 Å². The Morgan fingerprint density at radius 3 is 2.28 bits per heavy atom. The second-order valence-electron chi connectivity index (χ2n) is 4.85. The van der Waals surface area contributed by atoms with Crippen LogP contribution in [0.5, 0.6) is 0 Å². The van der Waals surface area contributed by atoms with Crippen LogP contribution in [0.25, 0.3) is 0 Å². The molecule has 1 aromatic rings. The zero-order chi connectivity index (χ0) is 13.7. The number of nitrogens with zero attached hydrogens (tertiary/aromatic N) is 1. The summed E-state index contributed by atoms with van der Waals surface area (Å²) in [5.74, 6) is -0.468. The zero-order valence-corrected chi connectivity index (χ0v) is 11.0. The Bertz CT molecular complexity index is 412. The summed E-state index contributed by atoms with van der Waals surface area (Å²) in [6, 6.07) is 6.47. The van der Waals surface area contributed by atoms with Crippen LogP contribution >= 0.6 is 0 Å². The van der Waals surface area contributed by atoms with Crippen molar-refractivity contribution >= 4 is 12.4 Å². The number of carboxylic acid groups (broad SMARTS) is 1. The first kappa shape index (κ1) is 14.2. The summed E-state index contributed by atoms with van der Waals surface area (Å²) in [4.78, 5) is 23.0. The number of aliphatic carboxylic acids is 1. The van der Waals surface area contributed by atoms with Crippen LogP contribution in [0.4, 0.5) is 0 Å². The van der Waals surface area contributed by atoms with Gasteiger partial charge >= 0.3 is 5.97 Å². The lowest BCUT2D eigenvalue weighted by atomic mass is 9.99. The number of amides is 1. The number of hydrogen-bond donors (Lipinski definition) is 1. The lowest BCUT2D eigenvalue weighted by molar-refractivity contribution is -0.145. The molecule has 1 unspecified atom stereocenters. The molecule has 1 amide bonds. The Morgan fingerprint density at radius 1 is 1.33 bits per heavy atom. The van der Waals surface area contributed by atoms with Crippen LogP contribution in [-0.2, 0) is 16.0 Å². The van der Waals surface area contributed by atoms with Gasteiger partial charge in [-0.25, -0.2) is 4.79 Å². The van der Waals surface area contributed by atoms with Crippen molar-refractivity contribution in [2.75, 3.05) is 7.05 Å². The molecule has 0 saturated carbocycles. The van der Waals surface area contributed by atoms with E-state index in [0.29, 0.717) is 17.9 Å². The number of carbonyl (C=O) groups excluding carboxylic acids is 1. The third-order valence-electron chi connectivity index (χ3n) is 2.75. The molecule has 1 rings (SSSR count). The average molecular weight is 249 g/mol. The van der Waals surface area contributed by atoms with E-state index < -0.39 is 12.0 Å². The van der Waals surface area contributed by atoms with Gasteiger partial charge in [-0.15, -0.1) is 0 Å². The molecule has 0 saturated heterocycles. The van der Waals surface area contributed by atoms with Crippen molar-refractivity contribution in [2.24, 2.45) is 5.92 Å². The molecular formula is C14H19NO3. The van der Waals surface area contributed by atoms with Gasteiger partial charge in [-0.3, -0.25) is 4.79 Å². The fourth-order valence-corrected chi connectivity index (χ4v) is 1.92. The second-order valence-corrected chi connectivity index (χ2v) is 4.85. The highest BCUT2D eigenvalue weighted by Gasteiger charge is 2.23. The lowest BCUT2D eigenvalue weighted by Crippen LogP contribution is -2.29. The second kappa shape index (κ2) is 6.19. The van der Waals surface area contributed by atoms with E-state index in [4.69, 9.17) is 5.11 Å². The highest BCUT2D eigenvalue weighted by atomic mass is 16.4. The predicted molar refractivity (Wildman–Crippen MR) is 69.2 cm³/mol. The van der Waals surface area contributed by atoms with Gasteiger partial charge in [0, 0.05) is 7.05 Å². The van der Waals surface area contributed by atoms with Crippen LogP contribution < -0.4 is 0 Å². The van der Waals surface area contributed by atoms with E-state index in [2.05, 4.69) is 13.8 Å². The predicted octanol–water partition coefficient (Wildman–Crippen LogP) is 2.10. The number of rotatable bonds is 6. The molecule has 0 radical (unpaired) electrons. The highest BCUT2D eigenvalue weighted by Crippen LogP contribution is 2.20. The largest absolute Gasteiger partial charge is 0.479 e. The van der Waals surface area contributed by atoms with E-state index in [9.17, 15) is 9.59 Å². The number of carbonyl (C=O) groups is 2. The first-order chi connectivity index (χ1) is 8.45. The fraction of sp³-hybridized carbons (Fsp3) is 0.429. The zero-order valence-electron chi connectivity index (χ0n) is 11.0. The molecule has 4 heteroatoms. The molecular weight excluding hydrogens is 230 g/mol. The summed E-state index contributed by atoms with van der Waals surface area (Å²) in [6.07, 6.45) is 1.49. The van der Waals surface area contributed by atoms with Crippen molar-refractivity contribution in [1.29, 1.82) is 0 Å². The van der Waals surface area contributed by atoms with Crippen LogP contribution in [0.1, 0.15) is 31.0 Å². The Labute approximate surface area is 107 Å². The SMILES string of the molecule is CC(C)Cc1ccc(C(C(=O)O)N(C)C=O)cc1. The number of hydrogen-bond acceptors (Lipinski definition) is 2. The molecule has 1 atom stereocenters. The molecule has 4 nitrogen and oxygen atoms in total. The molecule has 0 aliphatic rings. The van der Waals surface area contributed by atoms with Gasteiger partial charge in [-0.1, -0.05) is 38.1 Å². The van der Waals surface area contributed by atoms with Crippen molar-refractivity contribution in [3.8, 4) is 0 Å². The summed E-state index contributed by atoms with van der Waals surface area (Å²) in [5.41, 5.74) is 1.79. The maximum atomic E-state index is 11.2. The molecule has 0 aliphatic carbocycles. The molecule has 0 fully saturated rings. The molecule has 18 heavy (non-hydrogen) atoms. The molecule has 0 aliphatic heterocycles. The van der Waals surface area contributed by atoms with Crippen molar-refractivity contribution in [2.45, 2.75) is 26.3 Å². The minimum Gasteiger partial charge on any atom is -0.479 e. The van der Waals surface area contributed by atoms with E-state index >= 15 is 0 Å². The van der Waals surface area contributed by atoms with Crippen molar-refractivity contribution in [3.05, 3.63) is 35.4 Å². The van der Waals surface area contributed by atoms with Gasteiger partial charge in [0.25, 0.3) is 0 Å².